The van der Waals surface area contributed by atoms with Crippen LogP contribution in [0.25, 0.3) is 0 Å². The summed E-state index contributed by atoms with van der Waals surface area (Å²) in [6.07, 6.45) is 0. The SMILES string of the molecule is O=S(=O)(N1CCOCC1)N1CCN(Cc2ccccc2F)CC1. The summed E-state index contributed by atoms with van der Waals surface area (Å²) < 4.78 is 47.1. The number of ether oxygens (including phenoxy) is 1. The van der Waals surface area contributed by atoms with Gasteiger partial charge in [0, 0.05) is 51.4 Å². The van der Waals surface area contributed by atoms with Gasteiger partial charge in [0.1, 0.15) is 5.82 Å². The summed E-state index contributed by atoms with van der Waals surface area (Å²) in [4.78, 5) is 2.09. The van der Waals surface area contributed by atoms with E-state index in [1.807, 2.05) is 6.07 Å². The highest BCUT2D eigenvalue weighted by Gasteiger charge is 2.33. The van der Waals surface area contributed by atoms with Gasteiger partial charge in [0.25, 0.3) is 10.2 Å². The van der Waals surface area contributed by atoms with E-state index >= 15 is 0 Å². The second-order valence-electron chi connectivity index (χ2n) is 5.79. The Balaban J connectivity index is 1.57. The minimum Gasteiger partial charge on any atom is -0.379 e. The van der Waals surface area contributed by atoms with Gasteiger partial charge in [-0.15, -0.1) is 0 Å². The Hall–Kier alpha value is -1.06. The molecule has 2 fully saturated rings. The maximum absolute atomic E-state index is 13.7. The molecule has 2 heterocycles. The fourth-order valence-corrected chi connectivity index (χ4v) is 4.49. The molecular weight excluding hydrogens is 321 g/mol. The van der Waals surface area contributed by atoms with Crippen molar-refractivity contribution in [3.63, 3.8) is 0 Å². The van der Waals surface area contributed by atoms with Gasteiger partial charge in [-0.1, -0.05) is 18.2 Å². The molecule has 0 spiro atoms. The molecule has 1 aromatic carbocycles. The molecule has 0 atom stereocenters. The van der Waals surface area contributed by atoms with Crippen LogP contribution in [-0.4, -0.2) is 74.4 Å². The number of rotatable bonds is 4. The number of hydrogen-bond donors (Lipinski definition) is 0. The molecule has 0 aromatic heterocycles. The topological polar surface area (TPSA) is 53.1 Å². The average molecular weight is 343 g/mol. The Morgan fingerprint density at radius 3 is 2.22 bits per heavy atom. The molecule has 0 bridgehead atoms. The first kappa shape index (κ1) is 16.8. The number of morpholine rings is 1. The summed E-state index contributed by atoms with van der Waals surface area (Å²) in [7, 11) is -3.40. The van der Waals surface area contributed by atoms with Crippen LogP contribution in [0.1, 0.15) is 5.56 Å². The predicted octanol–water partition coefficient (Wildman–Crippen LogP) is 0.520. The molecule has 2 aliphatic rings. The average Bonchev–Trinajstić information content (AvgIpc) is 2.58. The zero-order chi connectivity index (χ0) is 16.3. The van der Waals surface area contributed by atoms with Crippen molar-refractivity contribution in [2.45, 2.75) is 6.54 Å². The molecule has 6 nitrogen and oxygen atoms in total. The second-order valence-corrected chi connectivity index (χ2v) is 7.71. The van der Waals surface area contributed by atoms with E-state index in [-0.39, 0.29) is 5.82 Å². The molecular formula is C15H22FN3O3S. The van der Waals surface area contributed by atoms with E-state index in [4.69, 9.17) is 4.74 Å². The summed E-state index contributed by atoms with van der Waals surface area (Å²) >= 11 is 0. The van der Waals surface area contributed by atoms with Crippen molar-refractivity contribution in [2.75, 3.05) is 52.5 Å². The third-order valence-corrected chi connectivity index (χ3v) is 6.34. The lowest BCUT2D eigenvalue weighted by molar-refractivity contribution is 0.0683. The van der Waals surface area contributed by atoms with Crippen molar-refractivity contribution in [3.8, 4) is 0 Å². The highest BCUT2D eigenvalue weighted by molar-refractivity contribution is 7.86. The minimum absolute atomic E-state index is 0.212. The highest BCUT2D eigenvalue weighted by atomic mass is 32.2. The number of piperazine rings is 1. The fraction of sp³-hybridized carbons (Fsp3) is 0.600. The van der Waals surface area contributed by atoms with E-state index < -0.39 is 10.2 Å². The van der Waals surface area contributed by atoms with Gasteiger partial charge in [0.15, 0.2) is 0 Å². The summed E-state index contributed by atoms with van der Waals surface area (Å²) in [5, 5.41) is 0. The Morgan fingerprint density at radius 1 is 0.957 bits per heavy atom. The molecule has 0 aliphatic carbocycles. The van der Waals surface area contributed by atoms with Crippen LogP contribution in [0.4, 0.5) is 4.39 Å². The van der Waals surface area contributed by atoms with Crippen LogP contribution >= 0.6 is 0 Å². The van der Waals surface area contributed by atoms with Gasteiger partial charge in [-0.05, 0) is 6.07 Å². The smallest absolute Gasteiger partial charge is 0.282 e. The van der Waals surface area contributed by atoms with Crippen LogP contribution in [-0.2, 0) is 21.5 Å². The van der Waals surface area contributed by atoms with Gasteiger partial charge in [-0.2, -0.15) is 17.0 Å². The van der Waals surface area contributed by atoms with E-state index in [0.29, 0.717) is 64.6 Å². The molecule has 0 N–H and O–H groups in total. The molecule has 2 saturated heterocycles. The van der Waals surface area contributed by atoms with E-state index in [2.05, 4.69) is 4.90 Å². The van der Waals surface area contributed by atoms with E-state index in [9.17, 15) is 12.8 Å². The molecule has 0 radical (unpaired) electrons. The summed E-state index contributed by atoms with van der Waals surface area (Å²) in [5.41, 5.74) is 0.650. The zero-order valence-electron chi connectivity index (χ0n) is 13.0. The number of hydrogen-bond acceptors (Lipinski definition) is 4. The Bertz CT molecular complexity index is 627. The Kier molecular flexibility index (Phi) is 5.27. The van der Waals surface area contributed by atoms with Crippen LogP contribution < -0.4 is 0 Å². The van der Waals surface area contributed by atoms with Gasteiger partial charge in [0.05, 0.1) is 13.2 Å². The van der Waals surface area contributed by atoms with Crippen LogP contribution in [0.3, 0.4) is 0 Å². The van der Waals surface area contributed by atoms with Crippen molar-refractivity contribution in [3.05, 3.63) is 35.6 Å². The normalized spacial score (nSPS) is 22.3. The number of benzene rings is 1. The van der Waals surface area contributed by atoms with Gasteiger partial charge < -0.3 is 4.74 Å². The maximum atomic E-state index is 13.7. The first-order chi connectivity index (χ1) is 11.1. The molecule has 1 aromatic rings. The van der Waals surface area contributed by atoms with Crippen LogP contribution in [0.2, 0.25) is 0 Å². The minimum atomic E-state index is -3.40. The molecule has 8 heteroatoms. The standard InChI is InChI=1S/C15H22FN3O3S/c16-15-4-2-1-3-14(15)13-17-5-7-18(8-6-17)23(20,21)19-9-11-22-12-10-19/h1-4H,5-13H2. The van der Waals surface area contributed by atoms with Crippen molar-refractivity contribution in [1.82, 2.24) is 13.5 Å². The van der Waals surface area contributed by atoms with Crippen LogP contribution in [0, 0.1) is 5.82 Å². The third-order valence-electron chi connectivity index (χ3n) is 4.31. The number of halogens is 1. The predicted molar refractivity (Wildman–Crippen MR) is 84.6 cm³/mol. The van der Waals surface area contributed by atoms with E-state index in [0.717, 1.165) is 0 Å². The fourth-order valence-electron chi connectivity index (χ4n) is 2.93. The molecule has 128 valence electrons. The van der Waals surface area contributed by atoms with Gasteiger partial charge >= 0.3 is 0 Å². The Morgan fingerprint density at radius 2 is 1.57 bits per heavy atom. The first-order valence-electron chi connectivity index (χ1n) is 7.86. The maximum Gasteiger partial charge on any atom is 0.282 e. The second kappa shape index (κ2) is 7.23. The van der Waals surface area contributed by atoms with Crippen molar-refractivity contribution < 1.29 is 17.5 Å². The first-order valence-corrected chi connectivity index (χ1v) is 9.26. The lowest BCUT2D eigenvalue weighted by atomic mass is 10.2. The number of nitrogens with zero attached hydrogens (tertiary/aromatic N) is 3. The summed E-state index contributed by atoms with van der Waals surface area (Å²) in [6, 6.07) is 6.71. The summed E-state index contributed by atoms with van der Waals surface area (Å²) in [5.74, 6) is -0.212. The lowest BCUT2D eigenvalue weighted by Crippen LogP contribution is -2.54. The van der Waals surface area contributed by atoms with E-state index in [1.165, 1.54) is 14.7 Å². The summed E-state index contributed by atoms with van der Waals surface area (Å²) in [6.45, 7) is 4.34. The van der Waals surface area contributed by atoms with Crippen molar-refractivity contribution in [2.24, 2.45) is 0 Å². The molecule has 3 rings (SSSR count). The quantitative estimate of drug-likeness (QED) is 0.800. The van der Waals surface area contributed by atoms with Crippen molar-refractivity contribution in [1.29, 1.82) is 0 Å². The zero-order valence-corrected chi connectivity index (χ0v) is 13.8. The lowest BCUT2D eigenvalue weighted by Gasteiger charge is -2.37. The van der Waals surface area contributed by atoms with Gasteiger partial charge in [-0.3, -0.25) is 4.90 Å². The van der Waals surface area contributed by atoms with Crippen LogP contribution in [0.15, 0.2) is 24.3 Å². The van der Waals surface area contributed by atoms with Crippen molar-refractivity contribution >= 4 is 10.2 Å². The van der Waals surface area contributed by atoms with E-state index in [1.54, 1.807) is 12.1 Å². The largest absolute Gasteiger partial charge is 0.379 e. The molecule has 0 saturated carbocycles. The monoisotopic (exact) mass is 343 g/mol. The molecule has 2 aliphatic heterocycles. The molecule has 0 amide bonds. The molecule has 0 unspecified atom stereocenters. The van der Waals surface area contributed by atoms with Gasteiger partial charge in [-0.25, -0.2) is 4.39 Å². The third kappa shape index (κ3) is 3.89. The Labute approximate surface area is 136 Å². The van der Waals surface area contributed by atoms with Gasteiger partial charge in [0.2, 0.25) is 0 Å². The molecule has 23 heavy (non-hydrogen) atoms. The highest BCUT2D eigenvalue weighted by Crippen LogP contribution is 2.16. The van der Waals surface area contributed by atoms with Crippen LogP contribution in [0.5, 0.6) is 0 Å².